The van der Waals surface area contributed by atoms with Gasteiger partial charge in [-0.25, -0.2) is 9.97 Å². The van der Waals surface area contributed by atoms with Crippen molar-refractivity contribution in [2.75, 3.05) is 0 Å². The maximum absolute atomic E-state index is 4.32. The van der Waals surface area contributed by atoms with Gasteiger partial charge in [-0.2, -0.15) is 0 Å². The minimum Gasteiger partial charge on any atom is -0.237 e. The van der Waals surface area contributed by atoms with Crippen LogP contribution in [0, 0.1) is 6.92 Å². The van der Waals surface area contributed by atoms with E-state index in [0.29, 0.717) is 0 Å². The first-order valence-corrected chi connectivity index (χ1v) is 8.36. The van der Waals surface area contributed by atoms with Crippen molar-refractivity contribution in [3.05, 3.63) is 96.8 Å². The Morgan fingerprint density at radius 2 is 1.08 bits per heavy atom. The molecule has 0 aliphatic carbocycles. The van der Waals surface area contributed by atoms with Crippen molar-refractivity contribution >= 4 is 0 Å². The molecule has 0 saturated heterocycles. The molecule has 0 N–H and O–H groups in total. The highest BCUT2D eigenvalue weighted by Crippen LogP contribution is 2.34. The highest BCUT2D eigenvalue weighted by atomic mass is 14.8. The molecule has 0 unspecified atom stereocenters. The molecule has 0 aliphatic heterocycles. The molecule has 1 aromatic heterocycles. The quantitative estimate of drug-likeness (QED) is 0.477. The minimum absolute atomic E-state index is 0.751. The lowest BCUT2D eigenvalue weighted by Gasteiger charge is -2.12. The van der Waals surface area contributed by atoms with Crippen LogP contribution in [-0.4, -0.2) is 9.97 Å². The van der Waals surface area contributed by atoms with E-state index < -0.39 is 0 Å². The second kappa shape index (κ2) is 6.70. The summed E-state index contributed by atoms with van der Waals surface area (Å²) in [5.74, 6) is 0.751. The zero-order valence-corrected chi connectivity index (χ0v) is 14.1. The molecule has 0 radical (unpaired) electrons. The number of benzene rings is 3. The van der Waals surface area contributed by atoms with Gasteiger partial charge in [0.2, 0.25) is 0 Å². The van der Waals surface area contributed by atoms with Crippen molar-refractivity contribution in [1.82, 2.24) is 9.97 Å². The van der Waals surface area contributed by atoms with Gasteiger partial charge in [-0.05, 0) is 40.8 Å². The largest absolute Gasteiger partial charge is 0.237 e. The molecule has 2 nitrogen and oxygen atoms in total. The van der Waals surface area contributed by atoms with Crippen LogP contribution in [0.4, 0.5) is 0 Å². The Balaban J connectivity index is 1.78. The van der Waals surface area contributed by atoms with E-state index in [4.69, 9.17) is 0 Å². The van der Waals surface area contributed by atoms with Crippen LogP contribution < -0.4 is 0 Å². The first kappa shape index (κ1) is 15.3. The summed E-state index contributed by atoms with van der Waals surface area (Å²) >= 11 is 0. The van der Waals surface area contributed by atoms with Crippen LogP contribution in [0.25, 0.3) is 33.6 Å². The average molecular weight is 322 g/mol. The zero-order chi connectivity index (χ0) is 17.1. The van der Waals surface area contributed by atoms with Gasteiger partial charge < -0.3 is 0 Å². The molecule has 4 aromatic rings. The fourth-order valence-corrected chi connectivity index (χ4v) is 3.09. The zero-order valence-electron chi connectivity index (χ0n) is 14.1. The summed E-state index contributed by atoms with van der Waals surface area (Å²) in [5.41, 5.74) is 7.26. The Morgan fingerprint density at radius 3 is 1.76 bits per heavy atom. The van der Waals surface area contributed by atoms with Crippen molar-refractivity contribution in [2.45, 2.75) is 6.92 Å². The van der Waals surface area contributed by atoms with E-state index in [2.05, 4.69) is 89.7 Å². The van der Waals surface area contributed by atoms with Crippen LogP contribution in [0.5, 0.6) is 0 Å². The number of hydrogen-bond acceptors (Lipinski definition) is 2. The number of hydrogen-bond donors (Lipinski definition) is 0. The lowest BCUT2D eigenvalue weighted by molar-refractivity contribution is 1.18. The highest BCUT2D eigenvalue weighted by Gasteiger charge is 2.09. The normalized spacial score (nSPS) is 10.6. The van der Waals surface area contributed by atoms with Gasteiger partial charge in [-0.15, -0.1) is 0 Å². The van der Waals surface area contributed by atoms with Gasteiger partial charge in [0.05, 0.1) is 0 Å². The number of nitrogens with zero attached hydrogens (tertiary/aromatic N) is 2. The molecule has 3 aromatic carbocycles. The first-order valence-electron chi connectivity index (χ1n) is 8.36. The summed E-state index contributed by atoms with van der Waals surface area (Å²) in [6.45, 7) is 2.15. The Labute approximate surface area is 147 Å². The monoisotopic (exact) mass is 322 g/mol. The fraction of sp³-hybridized carbons (Fsp3) is 0.0435. The van der Waals surface area contributed by atoms with Gasteiger partial charge in [0.1, 0.15) is 0 Å². The van der Waals surface area contributed by atoms with Crippen LogP contribution in [0.1, 0.15) is 5.56 Å². The van der Waals surface area contributed by atoms with Gasteiger partial charge in [0.25, 0.3) is 0 Å². The molecule has 1 heterocycles. The molecule has 0 spiro atoms. The maximum atomic E-state index is 4.32. The molecule has 2 heteroatoms. The Hall–Kier alpha value is -3.26. The van der Waals surface area contributed by atoms with Crippen molar-refractivity contribution in [1.29, 1.82) is 0 Å². The van der Waals surface area contributed by atoms with E-state index in [1.165, 1.54) is 27.8 Å². The van der Waals surface area contributed by atoms with Gasteiger partial charge >= 0.3 is 0 Å². The van der Waals surface area contributed by atoms with E-state index in [0.717, 1.165) is 11.4 Å². The molecule has 0 atom stereocenters. The predicted molar refractivity (Wildman–Crippen MR) is 103 cm³/mol. The fourth-order valence-electron chi connectivity index (χ4n) is 3.09. The van der Waals surface area contributed by atoms with Crippen molar-refractivity contribution in [3.63, 3.8) is 0 Å². The van der Waals surface area contributed by atoms with Crippen LogP contribution in [0.15, 0.2) is 91.3 Å². The molecule has 25 heavy (non-hydrogen) atoms. The van der Waals surface area contributed by atoms with Crippen LogP contribution in [0.3, 0.4) is 0 Å². The molecule has 0 fully saturated rings. The van der Waals surface area contributed by atoms with E-state index in [1.54, 1.807) is 12.4 Å². The second-order valence-electron chi connectivity index (χ2n) is 6.01. The molecule has 0 saturated carbocycles. The van der Waals surface area contributed by atoms with Gasteiger partial charge in [-0.3, -0.25) is 0 Å². The topological polar surface area (TPSA) is 25.8 Å². The minimum atomic E-state index is 0.751. The molecule has 4 rings (SSSR count). The summed E-state index contributed by atoms with van der Waals surface area (Å²) in [6.07, 6.45) is 3.54. The number of aromatic nitrogens is 2. The molecular weight excluding hydrogens is 304 g/mol. The Kier molecular flexibility index (Phi) is 4.09. The summed E-state index contributed by atoms with van der Waals surface area (Å²) in [5, 5.41) is 0. The Morgan fingerprint density at radius 1 is 0.520 bits per heavy atom. The highest BCUT2D eigenvalue weighted by molar-refractivity contribution is 5.85. The summed E-state index contributed by atoms with van der Waals surface area (Å²) in [6, 6.07) is 27.3. The summed E-state index contributed by atoms with van der Waals surface area (Å²) in [4.78, 5) is 8.63. The lowest BCUT2D eigenvalue weighted by atomic mass is 9.92. The van der Waals surface area contributed by atoms with E-state index in [-0.39, 0.29) is 0 Å². The maximum Gasteiger partial charge on any atom is 0.159 e. The third kappa shape index (κ3) is 3.07. The second-order valence-corrected chi connectivity index (χ2v) is 6.01. The van der Waals surface area contributed by atoms with Crippen LogP contribution in [-0.2, 0) is 0 Å². The number of aryl methyl sites for hydroxylation is 1. The third-order valence-corrected chi connectivity index (χ3v) is 4.38. The van der Waals surface area contributed by atoms with Crippen molar-refractivity contribution < 1.29 is 0 Å². The lowest BCUT2D eigenvalue weighted by Crippen LogP contribution is -1.89. The van der Waals surface area contributed by atoms with Gasteiger partial charge in [0.15, 0.2) is 5.82 Å². The van der Waals surface area contributed by atoms with Crippen molar-refractivity contribution in [2.24, 2.45) is 0 Å². The average Bonchev–Trinajstić information content (AvgIpc) is 2.69. The Bertz CT molecular complexity index is 990. The molecule has 0 bridgehead atoms. The van der Waals surface area contributed by atoms with Crippen LogP contribution >= 0.6 is 0 Å². The third-order valence-electron chi connectivity index (χ3n) is 4.38. The summed E-state index contributed by atoms with van der Waals surface area (Å²) in [7, 11) is 0. The SMILES string of the molecule is Cc1ccccc1-c1ccccc1-c1ccc(-c2ncccn2)cc1. The van der Waals surface area contributed by atoms with Gasteiger partial charge in [0, 0.05) is 18.0 Å². The molecule has 120 valence electrons. The number of rotatable bonds is 3. The smallest absolute Gasteiger partial charge is 0.159 e. The van der Waals surface area contributed by atoms with E-state index in [9.17, 15) is 0 Å². The van der Waals surface area contributed by atoms with E-state index >= 15 is 0 Å². The van der Waals surface area contributed by atoms with E-state index in [1.807, 2.05) is 6.07 Å². The summed E-state index contributed by atoms with van der Waals surface area (Å²) < 4.78 is 0. The molecule has 0 amide bonds. The first-order chi connectivity index (χ1) is 12.3. The van der Waals surface area contributed by atoms with Gasteiger partial charge in [-0.1, -0.05) is 72.8 Å². The molecular formula is C23H18N2. The van der Waals surface area contributed by atoms with Crippen LogP contribution in [0.2, 0.25) is 0 Å². The van der Waals surface area contributed by atoms with Crippen molar-refractivity contribution in [3.8, 4) is 33.6 Å². The molecule has 0 aliphatic rings. The standard InChI is InChI=1S/C23H18N2/c1-17-7-2-3-8-20(17)22-10-5-4-9-21(22)18-11-13-19(14-12-18)23-24-15-6-16-25-23/h2-16H,1H3. The predicted octanol–water partition coefficient (Wildman–Crippen LogP) is 5.79.